The SMILES string of the molecule is CC[C@H](C)[C@H](NCc1ccccc1)C(=O)NC[Si](C)(C)C. The van der Waals surface area contributed by atoms with Crippen LogP contribution in [0.15, 0.2) is 30.3 Å². The van der Waals surface area contributed by atoms with Crippen LogP contribution < -0.4 is 10.6 Å². The van der Waals surface area contributed by atoms with Crippen molar-refractivity contribution in [1.29, 1.82) is 0 Å². The zero-order chi connectivity index (χ0) is 15.9. The lowest BCUT2D eigenvalue weighted by Gasteiger charge is -2.25. The van der Waals surface area contributed by atoms with E-state index >= 15 is 0 Å². The maximum absolute atomic E-state index is 12.5. The summed E-state index contributed by atoms with van der Waals surface area (Å²) in [4.78, 5) is 12.5. The summed E-state index contributed by atoms with van der Waals surface area (Å²) < 4.78 is 0. The Labute approximate surface area is 130 Å². The molecule has 0 spiro atoms. The van der Waals surface area contributed by atoms with Gasteiger partial charge in [0.05, 0.1) is 14.1 Å². The van der Waals surface area contributed by atoms with Gasteiger partial charge in [-0.05, 0) is 11.5 Å². The third kappa shape index (κ3) is 6.91. The van der Waals surface area contributed by atoms with Crippen LogP contribution in [0.25, 0.3) is 0 Å². The van der Waals surface area contributed by atoms with Crippen molar-refractivity contribution in [3.63, 3.8) is 0 Å². The van der Waals surface area contributed by atoms with Gasteiger partial charge in [0.15, 0.2) is 0 Å². The second-order valence-corrected chi connectivity index (χ2v) is 12.5. The minimum Gasteiger partial charge on any atom is -0.358 e. The molecular formula is C17H30N2OSi. The van der Waals surface area contributed by atoms with Crippen molar-refractivity contribution >= 4 is 14.0 Å². The molecule has 0 fully saturated rings. The van der Waals surface area contributed by atoms with Gasteiger partial charge in [-0.2, -0.15) is 0 Å². The Hall–Kier alpha value is -1.13. The molecule has 1 amide bonds. The quantitative estimate of drug-likeness (QED) is 0.724. The van der Waals surface area contributed by atoms with Crippen LogP contribution in [0.1, 0.15) is 25.8 Å². The predicted molar refractivity (Wildman–Crippen MR) is 92.9 cm³/mol. The molecule has 0 bridgehead atoms. The first kappa shape index (κ1) is 17.9. The van der Waals surface area contributed by atoms with Gasteiger partial charge in [0.1, 0.15) is 0 Å². The van der Waals surface area contributed by atoms with Gasteiger partial charge in [0.2, 0.25) is 5.91 Å². The van der Waals surface area contributed by atoms with Crippen LogP contribution in [0.3, 0.4) is 0 Å². The van der Waals surface area contributed by atoms with Gasteiger partial charge in [-0.25, -0.2) is 0 Å². The highest BCUT2D eigenvalue weighted by Gasteiger charge is 2.24. The van der Waals surface area contributed by atoms with Crippen molar-refractivity contribution in [2.24, 2.45) is 5.92 Å². The molecule has 0 radical (unpaired) electrons. The number of nitrogens with one attached hydrogen (secondary N) is 2. The average Bonchev–Trinajstić information content (AvgIpc) is 2.45. The van der Waals surface area contributed by atoms with Crippen LogP contribution in [-0.2, 0) is 11.3 Å². The predicted octanol–water partition coefficient (Wildman–Crippen LogP) is 3.18. The van der Waals surface area contributed by atoms with E-state index in [1.165, 1.54) is 5.56 Å². The first-order chi connectivity index (χ1) is 9.83. The Bertz CT molecular complexity index is 428. The van der Waals surface area contributed by atoms with Gasteiger partial charge in [-0.1, -0.05) is 70.2 Å². The first-order valence-corrected chi connectivity index (χ1v) is 11.6. The fraction of sp³-hybridized carbons (Fsp3) is 0.588. The fourth-order valence-electron chi connectivity index (χ4n) is 2.07. The Morgan fingerprint density at radius 3 is 2.33 bits per heavy atom. The van der Waals surface area contributed by atoms with Crippen LogP contribution in [0, 0.1) is 5.92 Å². The molecule has 2 N–H and O–H groups in total. The van der Waals surface area contributed by atoms with Crippen LogP contribution in [0.5, 0.6) is 0 Å². The Morgan fingerprint density at radius 2 is 1.81 bits per heavy atom. The highest BCUT2D eigenvalue weighted by molar-refractivity contribution is 6.76. The molecule has 0 heterocycles. The van der Waals surface area contributed by atoms with Crippen LogP contribution in [0.4, 0.5) is 0 Å². The summed E-state index contributed by atoms with van der Waals surface area (Å²) in [7, 11) is -1.26. The van der Waals surface area contributed by atoms with Crippen molar-refractivity contribution < 1.29 is 4.79 Å². The first-order valence-electron chi connectivity index (χ1n) is 7.88. The van der Waals surface area contributed by atoms with Crippen molar-refractivity contribution in [1.82, 2.24) is 10.6 Å². The van der Waals surface area contributed by atoms with E-state index in [0.717, 1.165) is 19.1 Å². The highest BCUT2D eigenvalue weighted by atomic mass is 28.3. The van der Waals surface area contributed by atoms with E-state index in [2.05, 4.69) is 56.3 Å². The maximum Gasteiger partial charge on any atom is 0.237 e. The van der Waals surface area contributed by atoms with Crippen LogP contribution >= 0.6 is 0 Å². The molecule has 0 aromatic heterocycles. The van der Waals surface area contributed by atoms with Gasteiger partial charge in [0, 0.05) is 12.7 Å². The Balaban J connectivity index is 2.61. The number of benzene rings is 1. The van der Waals surface area contributed by atoms with E-state index in [0.29, 0.717) is 5.92 Å². The lowest BCUT2D eigenvalue weighted by molar-refractivity contribution is -0.124. The number of carbonyl (C=O) groups is 1. The minimum atomic E-state index is -1.26. The standard InChI is InChI=1S/C17H30N2OSi/c1-6-14(2)16(17(20)19-13-21(3,4)5)18-12-15-10-8-7-9-11-15/h7-11,14,16,18H,6,12-13H2,1-5H3,(H,19,20)/t14-,16-/m0/s1. The van der Waals surface area contributed by atoms with Gasteiger partial charge in [-0.15, -0.1) is 0 Å². The molecule has 1 aromatic rings. The van der Waals surface area contributed by atoms with E-state index in [4.69, 9.17) is 0 Å². The lowest BCUT2D eigenvalue weighted by Crippen LogP contribution is -2.51. The molecule has 0 aliphatic carbocycles. The average molecular weight is 307 g/mol. The Morgan fingerprint density at radius 1 is 1.19 bits per heavy atom. The second kappa shape index (κ2) is 8.34. The van der Waals surface area contributed by atoms with Crippen molar-refractivity contribution in [3.05, 3.63) is 35.9 Å². The molecule has 2 atom stereocenters. The van der Waals surface area contributed by atoms with Gasteiger partial charge in [-0.3, -0.25) is 4.79 Å². The number of hydrogen-bond donors (Lipinski definition) is 2. The summed E-state index contributed by atoms with van der Waals surface area (Å²) in [5.74, 6) is 0.470. The molecule has 0 unspecified atom stereocenters. The molecular weight excluding hydrogens is 276 g/mol. The smallest absolute Gasteiger partial charge is 0.237 e. The topological polar surface area (TPSA) is 41.1 Å². The Kier molecular flexibility index (Phi) is 7.12. The van der Waals surface area contributed by atoms with Gasteiger partial charge >= 0.3 is 0 Å². The summed E-state index contributed by atoms with van der Waals surface area (Å²) in [6.07, 6.45) is 1.83. The molecule has 0 saturated carbocycles. The third-order valence-electron chi connectivity index (χ3n) is 3.66. The van der Waals surface area contributed by atoms with E-state index < -0.39 is 8.07 Å². The second-order valence-electron chi connectivity index (χ2n) is 7.01. The summed E-state index contributed by atoms with van der Waals surface area (Å²) in [6.45, 7) is 11.8. The number of carbonyl (C=O) groups excluding carboxylic acids is 1. The van der Waals surface area contributed by atoms with Crippen molar-refractivity contribution in [2.45, 2.75) is 52.5 Å². The van der Waals surface area contributed by atoms with Gasteiger partial charge < -0.3 is 10.6 Å². The molecule has 0 aliphatic rings. The van der Waals surface area contributed by atoms with Gasteiger partial charge in [0.25, 0.3) is 0 Å². The summed E-state index contributed by atoms with van der Waals surface area (Å²) in [5, 5.41) is 6.56. The molecule has 0 saturated heterocycles. The van der Waals surface area contributed by atoms with Crippen molar-refractivity contribution in [2.75, 3.05) is 6.17 Å². The summed E-state index contributed by atoms with van der Waals surface area (Å²) in [5.41, 5.74) is 1.21. The van der Waals surface area contributed by atoms with Crippen molar-refractivity contribution in [3.8, 4) is 0 Å². The summed E-state index contributed by atoms with van der Waals surface area (Å²) in [6, 6.07) is 10.1. The number of amides is 1. The van der Waals surface area contributed by atoms with Crippen LogP contribution in [-0.4, -0.2) is 26.2 Å². The monoisotopic (exact) mass is 306 g/mol. The highest BCUT2D eigenvalue weighted by Crippen LogP contribution is 2.10. The van der Waals surface area contributed by atoms with E-state index in [9.17, 15) is 4.79 Å². The van der Waals surface area contributed by atoms with E-state index in [1.807, 2.05) is 18.2 Å². The van der Waals surface area contributed by atoms with E-state index in [1.54, 1.807) is 0 Å². The molecule has 21 heavy (non-hydrogen) atoms. The fourth-order valence-corrected chi connectivity index (χ4v) is 2.78. The van der Waals surface area contributed by atoms with Crippen LogP contribution in [0.2, 0.25) is 19.6 Å². The lowest BCUT2D eigenvalue weighted by atomic mass is 9.98. The zero-order valence-corrected chi connectivity index (χ0v) is 15.1. The normalized spacial score (nSPS) is 14.5. The maximum atomic E-state index is 12.5. The molecule has 0 aliphatic heterocycles. The molecule has 1 aromatic carbocycles. The largest absolute Gasteiger partial charge is 0.358 e. The number of hydrogen-bond acceptors (Lipinski definition) is 2. The molecule has 3 nitrogen and oxygen atoms in total. The summed E-state index contributed by atoms with van der Waals surface area (Å²) >= 11 is 0. The molecule has 118 valence electrons. The zero-order valence-electron chi connectivity index (χ0n) is 14.1. The van der Waals surface area contributed by atoms with E-state index in [-0.39, 0.29) is 11.9 Å². The molecule has 1 rings (SSSR count). The third-order valence-corrected chi connectivity index (χ3v) is 4.89. The number of rotatable bonds is 8. The minimum absolute atomic E-state index is 0.119. The molecule has 4 heteroatoms.